The minimum atomic E-state index is 0.0861. The van der Waals surface area contributed by atoms with E-state index in [1.807, 2.05) is 6.92 Å². The van der Waals surface area contributed by atoms with Gasteiger partial charge < -0.3 is 10.6 Å². The van der Waals surface area contributed by atoms with Crippen LogP contribution in [0.4, 0.5) is 0 Å². The summed E-state index contributed by atoms with van der Waals surface area (Å²) in [5.74, 6) is 0.0861. The van der Waals surface area contributed by atoms with Crippen molar-refractivity contribution in [1.82, 2.24) is 20.0 Å². The van der Waals surface area contributed by atoms with Gasteiger partial charge in [-0.1, -0.05) is 0 Å². The van der Waals surface area contributed by atoms with Crippen LogP contribution in [-0.4, -0.2) is 27.9 Å². The van der Waals surface area contributed by atoms with E-state index in [1.165, 1.54) is 5.69 Å². The normalized spacial score (nSPS) is 15.1. The third-order valence-corrected chi connectivity index (χ3v) is 4.29. The second-order valence-corrected chi connectivity index (χ2v) is 5.92. The van der Waals surface area contributed by atoms with Crippen molar-refractivity contribution in [3.8, 4) is 0 Å². The predicted molar refractivity (Wildman–Crippen MR) is 75.4 cm³/mol. The molecule has 0 aromatic carbocycles. The monoisotopic (exact) mass is 278 g/mol. The Morgan fingerprint density at radius 2 is 2.32 bits per heavy atom. The topological polar surface area (TPSA) is 58.4 Å². The number of nitrogens with zero attached hydrogens (tertiary/aromatic N) is 2. The highest BCUT2D eigenvalue weighted by atomic mass is 32.1. The van der Waals surface area contributed by atoms with Gasteiger partial charge in [-0.05, 0) is 26.7 Å². The number of fused-ring (bicyclic) bond motifs is 1. The molecule has 0 radical (unpaired) electrons. The summed E-state index contributed by atoms with van der Waals surface area (Å²) in [6, 6.07) is 0.428. The number of hydrogen-bond acceptors (Lipinski definition) is 4. The fraction of sp³-hybridized carbons (Fsp3) is 0.538. The van der Waals surface area contributed by atoms with E-state index in [0.717, 1.165) is 29.2 Å². The molecule has 1 aliphatic carbocycles. The number of hydrogen-bond donors (Lipinski definition) is 2. The van der Waals surface area contributed by atoms with Gasteiger partial charge in [0.1, 0.15) is 0 Å². The maximum atomic E-state index is 11.6. The van der Waals surface area contributed by atoms with Crippen LogP contribution in [0.1, 0.15) is 29.9 Å². The van der Waals surface area contributed by atoms with Crippen LogP contribution in [0.25, 0.3) is 4.96 Å². The molecule has 19 heavy (non-hydrogen) atoms. The summed E-state index contributed by atoms with van der Waals surface area (Å²) in [5, 5.41) is 8.28. The average Bonchev–Trinajstić information content (AvgIpc) is 3.02. The van der Waals surface area contributed by atoms with Gasteiger partial charge in [-0.2, -0.15) is 0 Å². The lowest BCUT2D eigenvalue weighted by atomic mass is 10.3. The molecule has 0 unspecified atom stereocenters. The highest BCUT2D eigenvalue weighted by molar-refractivity contribution is 7.15. The Balaban J connectivity index is 1.62. The Kier molecular flexibility index (Phi) is 3.28. The SMILES string of the molecule is Cc1nc2scc(C)n2c1CNCC(=O)NC1CC1. The van der Waals surface area contributed by atoms with Gasteiger partial charge >= 0.3 is 0 Å². The predicted octanol–water partition coefficient (Wildman–Crippen LogP) is 1.38. The van der Waals surface area contributed by atoms with Gasteiger partial charge in [-0.25, -0.2) is 4.98 Å². The first-order valence-corrected chi connectivity index (χ1v) is 7.45. The highest BCUT2D eigenvalue weighted by Gasteiger charge is 2.22. The van der Waals surface area contributed by atoms with Crippen molar-refractivity contribution in [2.45, 2.75) is 39.3 Å². The molecule has 2 aromatic rings. The van der Waals surface area contributed by atoms with Crippen molar-refractivity contribution in [2.75, 3.05) is 6.54 Å². The van der Waals surface area contributed by atoms with Crippen LogP contribution in [0.5, 0.6) is 0 Å². The van der Waals surface area contributed by atoms with Crippen LogP contribution >= 0.6 is 11.3 Å². The summed E-state index contributed by atoms with van der Waals surface area (Å²) in [5.41, 5.74) is 3.37. The number of imidazole rings is 1. The summed E-state index contributed by atoms with van der Waals surface area (Å²) in [6.07, 6.45) is 2.25. The van der Waals surface area contributed by atoms with Crippen molar-refractivity contribution >= 4 is 22.2 Å². The number of carbonyl (C=O) groups is 1. The zero-order valence-electron chi connectivity index (χ0n) is 11.2. The van der Waals surface area contributed by atoms with E-state index < -0.39 is 0 Å². The third kappa shape index (κ3) is 2.64. The first kappa shape index (κ1) is 12.6. The summed E-state index contributed by atoms with van der Waals surface area (Å²) < 4.78 is 2.16. The zero-order chi connectivity index (χ0) is 13.4. The smallest absolute Gasteiger partial charge is 0.234 e. The first-order valence-electron chi connectivity index (χ1n) is 6.57. The summed E-state index contributed by atoms with van der Waals surface area (Å²) in [7, 11) is 0. The van der Waals surface area contributed by atoms with Crippen LogP contribution < -0.4 is 10.6 Å². The number of amides is 1. The quantitative estimate of drug-likeness (QED) is 0.869. The molecule has 2 heterocycles. The fourth-order valence-corrected chi connectivity index (χ4v) is 3.11. The van der Waals surface area contributed by atoms with Gasteiger partial charge in [0.2, 0.25) is 5.91 Å². The molecule has 0 aliphatic heterocycles. The largest absolute Gasteiger partial charge is 0.352 e. The second-order valence-electron chi connectivity index (χ2n) is 5.08. The van der Waals surface area contributed by atoms with Crippen molar-refractivity contribution in [3.63, 3.8) is 0 Å². The molecule has 1 fully saturated rings. The maximum absolute atomic E-state index is 11.6. The van der Waals surface area contributed by atoms with Crippen LogP contribution in [0.15, 0.2) is 5.38 Å². The number of aryl methyl sites for hydroxylation is 2. The Labute approximate surface area is 116 Å². The third-order valence-electron chi connectivity index (χ3n) is 3.35. The first-order chi connectivity index (χ1) is 9.15. The number of rotatable bonds is 5. The maximum Gasteiger partial charge on any atom is 0.234 e. The minimum Gasteiger partial charge on any atom is -0.352 e. The number of carbonyl (C=O) groups excluding carboxylic acids is 1. The molecular weight excluding hydrogens is 260 g/mol. The van der Waals surface area contributed by atoms with Gasteiger partial charge in [0.15, 0.2) is 4.96 Å². The molecule has 0 saturated heterocycles. The molecule has 0 atom stereocenters. The summed E-state index contributed by atoms with van der Waals surface area (Å²) in [4.78, 5) is 17.1. The number of thiazole rings is 1. The van der Waals surface area contributed by atoms with Crippen LogP contribution in [0, 0.1) is 13.8 Å². The lowest BCUT2D eigenvalue weighted by Gasteiger charge is -2.06. The Hall–Kier alpha value is -1.40. The fourth-order valence-electron chi connectivity index (χ4n) is 2.18. The number of nitrogens with one attached hydrogen (secondary N) is 2. The summed E-state index contributed by atoms with van der Waals surface area (Å²) in [6.45, 7) is 5.13. The molecule has 1 amide bonds. The van der Waals surface area contributed by atoms with Crippen LogP contribution in [0.3, 0.4) is 0 Å². The van der Waals surface area contributed by atoms with Gasteiger partial charge in [-0.3, -0.25) is 9.20 Å². The van der Waals surface area contributed by atoms with Gasteiger partial charge in [0.25, 0.3) is 0 Å². The zero-order valence-corrected chi connectivity index (χ0v) is 12.0. The molecule has 5 nitrogen and oxygen atoms in total. The van der Waals surface area contributed by atoms with Gasteiger partial charge in [0.05, 0.1) is 17.9 Å². The molecule has 3 rings (SSSR count). The van der Waals surface area contributed by atoms with E-state index in [-0.39, 0.29) is 5.91 Å². The molecule has 1 aliphatic rings. The Morgan fingerprint density at radius 1 is 1.53 bits per heavy atom. The van der Waals surface area contributed by atoms with Crippen molar-refractivity contribution in [1.29, 1.82) is 0 Å². The molecule has 0 spiro atoms. The molecule has 2 aromatic heterocycles. The summed E-state index contributed by atoms with van der Waals surface area (Å²) >= 11 is 1.65. The van der Waals surface area contributed by atoms with Crippen LogP contribution in [-0.2, 0) is 11.3 Å². The van der Waals surface area contributed by atoms with E-state index in [9.17, 15) is 4.79 Å². The van der Waals surface area contributed by atoms with E-state index in [1.54, 1.807) is 11.3 Å². The molecule has 1 saturated carbocycles. The highest BCUT2D eigenvalue weighted by Crippen LogP contribution is 2.20. The minimum absolute atomic E-state index is 0.0861. The van der Waals surface area contributed by atoms with Crippen molar-refractivity contribution in [2.24, 2.45) is 0 Å². The average molecular weight is 278 g/mol. The Bertz CT molecular complexity index is 611. The van der Waals surface area contributed by atoms with Crippen molar-refractivity contribution in [3.05, 3.63) is 22.5 Å². The number of aromatic nitrogens is 2. The van der Waals surface area contributed by atoms with Gasteiger partial charge in [0, 0.05) is 23.7 Å². The van der Waals surface area contributed by atoms with Crippen molar-refractivity contribution < 1.29 is 4.79 Å². The standard InChI is InChI=1S/C13H18N4OS/c1-8-7-19-13-15-9(2)11(17(8)13)5-14-6-12(18)16-10-3-4-10/h7,10,14H,3-6H2,1-2H3,(H,16,18). The van der Waals surface area contributed by atoms with E-state index in [2.05, 4.69) is 32.3 Å². The molecule has 0 bridgehead atoms. The molecule has 102 valence electrons. The lowest BCUT2D eigenvalue weighted by molar-refractivity contribution is -0.120. The molecule has 2 N–H and O–H groups in total. The van der Waals surface area contributed by atoms with E-state index in [4.69, 9.17) is 0 Å². The van der Waals surface area contributed by atoms with Crippen LogP contribution in [0.2, 0.25) is 0 Å². The van der Waals surface area contributed by atoms with Gasteiger partial charge in [-0.15, -0.1) is 11.3 Å². The molecular formula is C13H18N4OS. The Morgan fingerprint density at radius 3 is 3.05 bits per heavy atom. The second kappa shape index (κ2) is 4.94. The van der Waals surface area contributed by atoms with E-state index in [0.29, 0.717) is 19.1 Å². The molecule has 6 heteroatoms. The van der Waals surface area contributed by atoms with E-state index >= 15 is 0 Å². The lowest BCUT2D eigenvalue weighted by Crippen LogP contribution is -2.35.